The summed E-state index contributed by atoms with van der Waals surface area (Å²) in [6.45, 7) is 4.63. The standard InChI is InChI=1S/C41H75N2O6P/c1-6-8-10-12-14-16-18-19-20-21-22-23-25-27-29-31-33-35-41(45)42-39(38-49-50(46,47)48-37-36-43(3,4)5)40(44)34-32-30-28-26-24-17-15-13-11-9-7-2/h8,10,14,16,19-20,22-23,32,34,39-40,44H,6-7,9,11-13,15,17-18,21,24-31,33,35-38H2,1-5H3,(H-,42,45,46,47)/p+1/b10-8-,16-14-,20-19-,23-22-,34-32+. The molecule has 0 aromatic rings. The van der Waals surface area contributed by atoms with Gasteiger partial charge < -0.3 is 19.8 Å². The third kappa shape index (κ3) is 34.6. The summed E-state index contributed by atoms with van der Waals surface area (Å²) in [6, 6.07) is -0.859. The molecule has 0 rings (SSSR count). The van der Waals surface area contributed by atoms with E-state index in [9.17, 15) is 19.4 Å². The molecule has 0 spiro atoms. The molecule has 9 heteroatoms. The van der Waals surface area contributed by atoms with Crippen molar-refractivity contribution < 1.29 is 32.9 Å². The predicted octanol–water partition coefficient (Wildman–Crippen LogP) is 10.3. The fraction of sp³-hybridized carbons (Fsp3) is 0.732. The van der Waals surface area contributed by atoms with Gasteiger partial charge >= 0.3 is 7.82 Å². The Bertz CT molecular complexity index is 1000. The van der Waals surface area contributed by atoms with Gasteiger partial charge in [-0.3, -0.25) is 13.8 Å². The van der Waals surface area contributed by atoms with Gasteiger partial charge in [0, 0.05) is 6.42 Å². The van der Waals surface area contributed by atoms with Crippen LogP contribution in [0.5, 0.6) is 0 Å². The van der Waals surface area contributed by atoms with E-state index in [1.165, 1.54) is 44.9 Å². The molecule has 0 aromatic heterocycles. The van der Waals surface area contributed by atoms with Gasteiger partial charge in [0.1, 0.15) is 13.2 Å². The van der Waals surface area contributed by atoms with Gasteiger partial charge in [-0.2, -0.15) is 0 Å². The maximum atomic E-state index is 12.8. The number of quaternary nitrogens is 1. The third-order valence-electron chi connectivity index (χ3n) is 8.24. The number of aliphatic hydroxyl groups is 1. The van der Waals surface area contributed by atoms with E-state index in [1.807, 2.05) is 27.2 Å². The number of hydrogen-bond donors (Lipinski definition) is 3. The fourth-order valence-corrected chi connectivity index (χ4v) is 5.82. The van der Waals surface area contributed by atoms with Crippen LogP contribution in [0.1, 0.15) is 142 Å². The summed E-state index contributed by atoms with van der Waals surface area (Å²) in [5, 5.41) is 13.7. The SMILES string of the molecule is CC/C=C\C/C=C\C/C=C\C/C=C\CCCCCCC(=O)NC(COP(=O)(O)OCC[N+](C)(C)C)C(O)/C=C/CCCCCCCCCCC. The van der Waals surface area contributed by atoms with Crippen molar-refractivity contribution in [3.63, 3.8) is 0 Å². The highest BCUT2D eigenvalue weighted by molar-refractivity contribution is 7.47. The van der Waals surface area contributed by atoms with E-state index in [-0.39, 0.29) is 19.1 Å². The van der Waals surface area contributed by atoms with Crippen molar-refractivity contribution in [1.82, 2.24) is 5.32 Å². The summed E-state index contributed by atoms with van der Waals surface area (Å²) in [4.78, 5) is 23.0. The molecule has 50 heavy (non-hydrogen) atoms. The molecule has 3 atom stereocenters. The van der Waals surface area contributed by atoms with Crippen molar-refractivity contribution in [2.45, 2.75) is 154 Å². The van der Waals surface area contributed by atoms with Crippen LogP contribution in [0.25, 0.3) is 0 Å². The minimum absolute atomic E-state index is 0.0534. The summed E-state index contributed by atoms with van der Waals surface area (Å²) in [6.07, 6.45) is 41.4. The number of nitrogens with one attached hydrogen (secondary N) is 1. The van der Waals surface area contributed by atoms with E-state index in [2.05, 4.69) is 67.8 Å². The third-order valence-corrected chi connectivity index (χ3v) is 9.23. The molecule has 1 amide bonds. The lowest BCUT2D eigenvalue weighted by Crippen LogP contribution is -2.45. The van der Waals surface area contributed by atoms with E-state index in [0.29, 0.717) is 17.4 Å². The van der Waals surface area contributed by atoms with Crippen molar-refractivity contribution in [3.8, 4) is 0 Å². The van der Waals surface area contributed by atoms with Crippen molar-refractivity contribution in [3.05, 3.63) is 60.8 Å². The maximum Gasteiger partial charge on any atom is 0.472 e. The summed E-state index contributed by atoms with van der Waals surface area (Å²) in [5.41, 5.74) is 0. The van der Waals surface area contributed by atoms with Crippen LogP contribution >= 0.6 is 7.82 Å². The van der Waals surface area contributed by atoms with Crippen LogP contribution in [0.3, 0.4) is 0 Å². The van der Waals surface area contributed by atoms with Gasteiger partial charge in [0.2, 0.25) is 5.91 Å². The highest BCUT2D eigenvalue weighted by Crippen LogP contribution is 2.43. The number of nitrogens with zero attached hydrogens (tertiary/aromatic N) is 1. The second-order valence-corrected chi connectivity index (χ2v) is 15.7. The normalized spacial score (nSPS) is 15.3. The number of phosphoric ester groups is 1. The number of likely N-dealkylation sites (N-methyl/N-ethyl adjacent to an activating group) is 1. The Morgan fingerprint density at radius 3 is 1.76 bits per heavy atom. The number of aliphatic hydroxyl groups excluding tert-OH is 1. The zero-order valence-corrected chi connectivity index (χ0v) is 33.5. The van der Waals surface area contributed by atoms with Gasteiger partial charge in [0.05, 0.1) is 39.9 Å². The average Bonchev–Trinajstić information content (AvgIpc) is 3.06. The summed E-state index contributed by atoms with van der Waals surface area (Å²) in [7, 11) is 1.54. The predicted molar refractivity (Wildman–Crippen MR) is 212 cm³/mol. The van der Waals surface area contributed by atoms with Crippen LogP contribution in [0.4, 0.5) is 0 Å². The van der Waals surface area contributed by atoms with E-state index in [1.54, 1.807) is 6.08 Å². The molecule has 0 bridgehead atoms. The van der Waals surface area contributed by atoms with Gasteiger partial charge in [-0.25, -0.2) is 4.57 Å². The Morgan fingerprint density at radius 1 is 0.700 bits per heavy atom. The molecule has 0 saturated heterocycles. The number of carbonyl (C=O) groups excluding carboxylic acids is 1. The first-order valence-corrected chi connectivity index (χ1v) is 21.2. The van der Waals surface area contributed by atoms with Gasteiger partial charge in [-0.1, -0.05) is 139 Å². The Balaban J connectivity index is 4.55. The Kier molecular flexibility index (Phi) is 31.9. The molecule has 3 N–H and O–H groups in total. The molecule has 0 aliphatic rings. The molecule has 0 heterocycles. The summed E-state index contributed by atoms with van der Waals surface area (Å²) >= 11 is 0. The molecule has 0 aliphatic carbocycles. The molecule has 0 radical (unpaired) electrons. The van der Waals surface area contributed by atoms with Crippen LogP contribution in [0.15, 0.2) is 60.8 Å². The Labute approximate surface area is 307 Å². The van der Waals surface area contributed by atoms with Crippen molar-refractivity contribution in [1.29, 1.82) is 0 Å². The quantitative estimate of drug-likeness (QED) is 0.0264. The van der Waals surface area contributed by atoms with E-state index >= 15 is 0 Å². The zero-order valence-electron chi connectivity index (χ0n) is 32.6. The monoisotopic (exact) mass is 724 g/mol. The number of amides is 1. The van der Waals surface area contributed by atoms with Gasteiger partial charge in [-0.05, 0) is 57.8 Å². The maximum absolute atomic E-state index is 12.8. The first-order valence-electron chi connectivity index (χ1n) is 19.7. The highest BCUT2D eigenvalue weighted by Gasteiger charge is 2.27. The van der Waals surface area contributed by atoms with Crippen molar-refractivity contribution >= 4 is 13.7 Å². The Hall–Kier alpha value is -1.80. The van der Waals surface area contributed by atoms with E-state index < -0.39 is 20.0 Å². The zero-order chi connectivity index (χ0) is 37.2. The average molecular weight is 724 g/mol. The lowest BCUT2D eigenvalue weighted by Gasteiger charge is -2.25. The van der Waals surface area contributed by atoms with Crippen LogP contribution in [-0.2, 0) is 18.4 Å². The lowest BCUT2D eigenvalue weighted by molar-refractivity contribution is -0.870. The van der Waals surface area contributed by atoms with Crippen molar-refractivity contribution in [2.24, 2.45) is 0 Å². The second-order valence-electron chi connectivity index (χ2n) is 14.3. The molecule has 8 nitrogen and oxygen atoms in total. The first kappa shape index (κ1) is 48.2. The number of unbranched alkanes of at least 4 members (excludes halogenated alkanes) is 13. The van der Waals surface area contributed by atoms with Crippen LogP contribution in [-0.4, -0.2) is 73.4 Å². The topological polar surface area (TPSA) is 105 Å². The van der Waals surface area contributed by atoms with Crippen LogP contribution < -0.4 is 5.32 Å². The molecule has 3 unspecified atom stereocenters. The first-order chi connectivity index (χ1) is 24.0. The molecular weight excluding hydrogens is 647 g/mol. The Morgan fingerprint density at radius 2 is 1.20 bits per heavy atom. The minimum Gasteiger partial charge on any atom is -0.387 e. The smallest absolute Gasteiger partial charge is 0.387 e. The molecule has 0 fully saturated rings. The van der Waals surface area contributed by atoms with Gasteiger partial charge in [0.25, 0.3) is 0 Å². The molecule has 0 aromatic carbocycles. The highest BCUT2D eigenvalue weighted by atomic mass is 31.2. The number of carbonyl (C=O) groups is 1. The number of phosphoric acid groups is 1. The van der Waals surface area contributed by atoms with Crippen molar-refractivity contribution in [2.75, 3.05) is 40.9 Å². The lowest BCUT2D eigenvalue weighted by atomic mass is 10.1. The number of hydrogen-bond acceptors (Lipinski definition) is 5. The minimum atomic E-state index is -4.34. The van der Waals surface area contributed by atoms with Crippen LogP contribution in [0.2, 0.25) is 0 Å². The number of rotatable bonds is 34. The largest absolute Gasteiger partial charge is 0.472 e. The number of allylic oxidation sites excluding steroid dienone is 9. The molecule has 0 aliphatic heterocycles. The second kappa shape index (κ2) is 33.1. The summed E-state index contributed by atoms with van der Waals surface area (Å²) < 4.78 is 23.4. The molecular formula is C41H76N2O6P+. The van der Waals surface area contributed by atoms with Gasteiger partial charge in [-0.15, -0.1) is 0 Å². The van der Waals surface area contributed by atoms with Gasteiger partial charge in [0.15, 0.2) is 0 Å². The molecule has 290 valence electrons. The summed E-state index contributed by atoms with van der Waals surface area (Å²) in [5.74, 6) is -0.206. The fourth-order valence-electron chi connectivity index (χ4n) is 5.09. The van der Waals surface area contributed by atoms with Crippen LogP contribution in [0, 0.1) is 0 Å². The molecule has 0 saturated carbocycles. The van der Waals surface area contributed by atoms with E-state index in [4.69, 9.17) is 9.05 Å². The van der Waals surface area contributed by atoms with E-state index in [0.717, 1.165) is 77.0 Å².